The summed E-state index contributed by atoms with van der Waals surface area (Å²) in [4.78, 5) is 11.2. The maximum Gasteiger partial charge on any atom is 0.237 e. The summed E-state index contributed by atoms with van der Waals surface area (Å²) in [6, 6.07) is 0.402. The molecule has 3 heteroatoms. The molecule has 0 radical (unpaired) electrons. The number of hydrogen-bond donors (Lipinski definition) is 2. The molecule has 1 heterocycles. The van der Waals surface area contributed by atoms with E-state index in [-0.39, 0.29) is 11.9 Å². The fourth-order valence-electron chi connectivity index (χ4n) is 1.30. The third kappa shape index (κ3) is 1.93. The van der Waals surface area contributed by atoms with E-state index in [2.05, 4.69) is 31.4 Å². The van der Waals surface area contributed by atoms with Gasteiger partial charge in [0, 0.05) is 12.6 Å². The molecule has 1 rings (SSSR count). The number of carbonyl (C=O) groups excluding carboxylic acids is 1. The number of nitrogens with one attached hydrogen (secondary N) is 2. The van der Waals surface area contributed by atoms with Gasteiger partial charge in [-0.1, -0.05) is 13.8 Å². The van der Waals surface area contributed by atoms with Gasteiger partial charge in [-0.2, -0.15) is 0 Å². The van der Waals surface area contributed by atoms with Gasteiger partial charge in [0.1, 0.15) is 0 Å². The summed E-state index contributed by atoms with van der Waals surface area (Å²) in [6.07, 6.45) is 0. The van der Waals surface area contributed by atoms with E-state index in [1.807, 2.05) is 0 Å². The minimum atomic E-state index is -0.00116. The van der Waals surface area contributed by atoms with Crippen LogP contribution in [0.5, 0.6) is 0 Å². The second-order valence-corrected chi connectivity index (χ2v) is 3.53. The maximum atomic E-state index is 11.2. The highest BCUT2D eigenvalue weighted by molar-refractivity contribution is 5.82. The van der Waals surface area contributed by atoms with Crippen LogP contribution in [0.3, 0.4) is 0 Å². The predicted octanol–water partition coefficient (Wildman–Crippen LogP) is 0.119. The lowest BCUT2D eigenvalue weighted by molar-refractivity contribution is -0.126. The Morgan fingerprint density at radius 2 is 2.18 bits per heavy atom. The van der Waals surface area contributed by atoms with Crippen LogP contribution < -0.4 is 10.6 Å². The number of amides is 1. The molecule has 0 spiro atoms. The summed E-state index contributed by atoms with van der Waals surface area (Å²) in [5.74, 6) is 0.510. The summed E-state index contributed by atoms with van der Waals surface area (Å²) < 4.78 is 0. The van der Waals surface area contributed by atoms with Crippen molar-refractivity contribution >= 4 is 5.91 Å². The topological polar surface area (TPSA) is 41.1 Å². The summed E-state index contributed by atoms with van der Waals surface area (Å²) in [7, 11) is 0. The molecule has 1 fully saturated rings. The van der Waals surface area contributed by atoms with Crippen LogP contribution in [0.15, 0.2) is 0 Å². The molecule has 0 bridgehead atoms. The lowest BCUT2D eigenvalue weighted by atomic mass is 10.0. The average Bonchev–Trinajstić information content (AvgIpc) is 1.94. The van der Waals surface area contributed by atoms with Crippen molar-refractivity contribution in [2.24, 2.45) is 5.92 Å². The molecule has 0 aromatic rings. The van der Waals surface area contributed by atoms with E-state index in [0.717, 1.165) is 6.54 Å². The minimum absolute atomic E-state index is 0.00116. The van der Waals surface area contributed by atoms with E-state index in [0.29, 0.717) is 12.0 Å². The minimum Gasteiger partial charge on any atom is -0.353 e. The Bertz CT molecular complexity index is 156. The fourth-order valence-corrected chi connectivity index (χ4v) is 1.30. The molecular formula is C8H16N2O. The van der Waals surface area contributed by atoms with Gasteiger partial charge >= 0.3 is 0 Å². The van der Waals surface area contributed by atoms with Crippen LogP contribution in [0, 0.1) is 5.92 Å². The van der Waals surface area contributed by atoms with E-state index in [9.17, 15) is 4.79 Å². The van der Waals surface area contributed by atoms with Crippen LogP contribution in [-0.2, 0) is 4.79 Å². The molecule has 0 saturated carbocycles. The van der Waals surface area contributed by atoms with Gasteiger partial charge in [0.2, 0.25) is 5.91 Å². The third-order valence-corrected chi connectivity index (χ3v) is 2.00. The molecule has 1 saturated heterocycles. The Kier molecular flexibility index (Phi) is 2.49. The van der Waals surface area contributed by atoms with Crippen molar-refractivity contribution in [3.8, 4) is 0 Å². The molecule has 1 aliphatic heterocycles. The van der Waals surface area contributed by atoms with E-state index in [4.69, 9.17) is 0 Å². The van der Waals surface area contributed by atoms with Crippen LogP contribution in [-0.4, -0.2) is 24.5 Å². The van der Waals surface area contributed by atoms with Crippen molar-refractivity contribution < 1.29 is 4.79 Å². The zero-order chi connectivity index (χ0) is 8.43. The Morgan fingerprint density at radius 3 is 2.64 bits per heavy atom. The summed E-state index contributed by atoms with van der Waals surface area (Å²) in [5.41, 5.74) is 0. The lowest BCUT2D eigenvalue weighted by Gasteiger charge is -2.30. The monoisotopic (exact) mass is 156 g/mol. The second kappa shape index (κ2) is 3.22. The van der Waals surface area contributed by atoms with Crippen LogP contribution >= 0.6 is 0 Å². The maximum absolute atomic E-state index is 11.2. The van der Waals surface area contributed by atoms with Gasteiger partial charge in [-0.25, -0.2) is 0 Å². The zero-order valence-corrected chi connectivity index (χ0v) is 7.35. The van der Waals surface area contributed by atoms with E-state index in [1.165, 1.54) is 0 Å². The Labute approximate surface area is 67.5 Å². The fraction of sp³-hybridized carbons (Fsp3) is 0.875. The molecule has 1 amide bonds. The zero-order valence-electron chi connectivity index (χ0n) is 7.35. The van der Waals surface area contributed by atoms with E-state index in [1.54, 1.807) is 0 Å². The third-order valence-electron chi connectivity index (χ3n) is 2.00. The van der Waals surface area contributed by atoms with Gasteiger partial charge in [0.25, 0.3) is 0 Å². The highest BCUT2D eigenvalue weighted by atomic mass is 16.2. The van der Waals surface area contributed by atoms with Gasteiger partial charge in [-0.3, -0.25) is 4.79 Å². The Balaban J connectivity index is 2.54. The summed E-state index contributed by atoms with van der Waals surface area (Å²) in [5, 5.41) is 6.12. The van der Waals surface area contributed by atoms with Gasteiger partial charge < -0.3 is 10.6 Å². The molecule has 3 nitrogen and oxygen atoms in total. The molecule has 0 aromatic carbocycles. The molecule has 2 unspecified atom stereocenters. The lowest BCUT2D eigenvalue weighted by Crippen LogP contribution is -2.59. The largest absolute Gasteiger partial charge is 0.353 e. The van der Waals surface area contributed by atoms with Gasteiger partial charge in [0.15, 0.2) is 0 Å². The molecule has 2 N–H and O–H groups in total. The standard InChI is InChI=1S/C8H16N2O/c1-5(2)7-8(11)9-4-6(3)10-7/h5-7,10H,4H2,1-3H3,(H,9,11). The Hall–Kier alpha value is -0.570. The van der Waals surface area contributed by atoms with Crippen LogP contribution in [0.4, 0.5) is 0 Å². The predicted molar refractivity (Wildman–Crippen MR) is 44.2 cm³/mol. The molecule has 64 valence electrons. The summed E-state index contributed by atoms with van der Waals surface area (Å²) in [6.45, 7) is 6.93. The first-order valence-corrected chi connectivity index (χ1v) is 4.15. The Morgan fingerprint density at radius 1 is 1.55 bits per heavy atom. The van der Waals surface area contributed by atoms with Crippen LogP contribution in [0.1, 0.15) is 20.8 Å². The average molecular weight is 156 g/mol. The van der Waals surface area contributed by atoms with Crippen molar-refractivity contribution in [1.82, 2.24) is 10.6 Å². The number of carbonyl (C=O) groups is 1. The molecule has 11 heavy (non-hydrogen) atoms. The van der Waals surface area contributed by atoms with Gasteiger partial charge in [-0.15, -0.1) is 0 Å². The first-order valence-electron chi connectivity index (χ1n) is 4.15. The number of rotatable bonds is 1. The normalized spacial score (nSPS) is 32.2. The smallest absolute Gasteiger partial charge is 0.237 e. The molecule has 0 aromatic heterocycles. The van der Waals surface area contributed by atoms with Crippen molar-refractivity contribution in [3.63, 3.8) is 0 Å². The molecule has 0 aliphatic carbocycles. The molecule has 1 aliphatic rings. The van der Waals surface area contributed by atoms with Gasteiger partial charge in [0.05, 0.1) is 6.04 Å². The van der Waals surface area contributed by atoms with Crippen molar-refractivity contribution in [1.29, 1.82) is 0 Å². The van der Waals surface area contributed by atoms with Crippen LogP contribution in [0.25, 0.3) is 0 Å². The van der Waals surface area contributed by atoms with Gasteiger partial charge in [-0.05, 0) is 12.8 Å². The SMILES string of the molecule is CC1CNC(=O)C(C(C)C)N1. The van der Waals surface area contributed by atoms with E-state index < -0.39 is 0 Å². The molecular weight excluding hydrogens is 140 g/mol. The highest BCUT2D eigenvalue weighted by Crippen LogP contribution is 2.05. The van der Waals surface area contributed by atoms with Crippen molar-refractivity contribution in [2.45, 2.75) is 32.9 Å². The highest BCUT2D eigenvalue weighted by Gasteiger charge is 2.27. The van der Waals surface area contributed by atoms with Crippen molar-refractivity contribution in [2.75, 3.05) is 6.54 Å². The second-order valence-electron chi connectivity index (χ2n) is 3.53. The summed E-state index contributed by atoms with van der Waals surface area (Å²) >= 11 is 0. The van der Waals surface area contributed by atoms with Crippen LogP contribution in [0.2, 0.25) is 0 Å². The quantitative estimate of drug-likeness (QED) is 0.566. The first kappa shape index (κ1) is 8.53. The number of hydrogen-bond acceptors (Lipinski definition) is 2. The molecule has 2 atom stereocenters. The van der Waals surface area contributed by atoms with E-state index >= 15 is 0 Å². The number of piperazine rings is 1. The van der Waals surface area contributed by atoms with Crippen molar-refractivity contribution in [3.05, 3.63) is 0 Å². The first-order chi connectivity index (χ1) is 5.11.